The molecule has 10 aromatic rings. The van der Waals surface area contributed by atoms with Gasteiger partial charge in [-0.05, 0) is 146 Å². The van der Waals surface area contributed by atoms with Crippen LogP contribution in [0.15, 0.2) is 255 Å². The van der Waals surface area contributed by atoms with Crippen LogP contribution in [-0.2, 0) is 5.41 Å². The highest BCUT2D eigenvalue weighted by atomic mass is 15.1. The minimum Gasteiger partial charge on any atom is -0.310 e. The van der Waals surface area contributed by atoms with Gasteiger partial charge in [0.25, 0.3) is 0 Å². The molecule has 0 radical (unpaired) electrons. The fourth-order valence-corrected chi connectivity index (χ4v) is 10.9. The largest absolute Gasteiger partial charge is 0.310 e. The normalized spacial score (nSPS) is 12.3. The quantitative estimate of drug-likeness (QED) is 0.133. The van der Waals surface area contributed by atoms with Crippen LogP contribution >= 0.6 is 0 Å². The molecule has 2 aliphatic carbocycles. The number of hydrogen-bond donors (Lipinski definition) is 0. The Morgan fingerprint density at radius 1 is 0.386 bits per heavy atom. The van der Waals surface area contributed by atoms with Gasteiger partial charge in [0.15, 0.2) is 0 Å². The van der Waals surface area contributed by atoms with Gasteiger partial charge in [0.1, 0.15) is 0 Å². The van der Waals surface area contributed by atoms with E-state index in [2.05, 4.69) is 266 Å². The van der Waals surface area contributed by atoms with E-state index in [-0.39, 0.29) is 0 Å². The molecule has 70 heavy (non-hydrogen) atoms. The average molecular weight is 903 g/mol. The summed E-state index contributed by atoms with van der Waals surface area (Å²) in [4.78, 5) is 4.76. The van der Waals surface area contributed by atoms with Crippen molar-refractivity contribution in [1.29, 1.82) is 0 Å². The van der Waals surface area contributed by atoms with Gasteiger partial charge in [-0.15, -0.1) is 0 Å². The first-order valence-electron chi connectivity index (χ1n) is 24.8. The molecule has 0 aromatic heterocycles. The summed E-state index contributed by atoms with van der Waals surface area (Å²) in [5.74, 6) is 0. The van der Waals surface area contributed by atoms with Gasteiger partial charge in [-0.2, -0.15) is 0 Å². The van der Waals surface area contributed by atoms with E-state index in [9.17, 15) is 0 Å². The minimum atomic E-state index is -0.435. The van der Waals surface area contributed by atoms with Crippen LogP contribution in [0.4, 0.5) is 34.1 Å². The van der Waals surface area contributed by atoms with Crippen molar-refractivity contribution in [3.8, 4) is 33.4 Å². The van der Waals surface area contributed by atoms with Crippen molar-refractivity contribution in [2.75, 3.05) is 9.80 Å². The number of fused-ring (bicyclic) bond motifs is 11. The number of para-hydroxylation sites is 1. The summed E-state index contributed by atoms with van der Waals surface area (Å²) in [5.41, 5.74) is 21.3. The lowest BCUT2D eigenvalue weighted by molar-refractivity contribution is 0.793. The molecule has 340 valence electrons. The van der Waals surface area contributed by atoms with Crippen LogP contribution in [0.3, 0.4) is 0 Å². The predicted molar refractivity (Wildman–Crippen MR) is 302 cm³/mol. The third kappa shape index (κ3) is 7.54. The molecule has 0 amide bonds. The molecule has 2 heteroatoms. The molecule has 0 atom stereocenters. The molecule has 0 heterocycles. The van der Waals surface area contributed by atoms with Crippen molar-refractivity contribution in [2.24, 2.45) is 0 Å². The lowest BCUT2D eigenvalue weighted by Crippen LogP contribution is -2.26. The van der Waals surface area contributed by atoms with E-state index in [1.807, 2.05) is 33.8 Å². The first-order chi connectivity index (χ1) is 34.6. The van der Waals surface area contributed by atoms with Crippen molar-refractivity contribution < 1.29 is 0 Å². The Hall–Kier alpha value is -8.46. The van der Waals surface area contributed by atoms with Crippen LogP contribution in [0, 0.1) is 0 Å². The molecule has 0 bridgehead atoms. The maximum Gasteiger partial charge on any atom is 0.0726 e. The summed E-state index contributed by atoms with van der Waals surface area (Å²) in [6.07, 6.45) is 4.04. The zero-order chi connectivity index (χ0) is 48.2. The van der Waals surface area contributed by atoms with Gasteiger partial charge in [-0.3, -0.25) is 0 Å². The Morgan fingerprint density at radius 2 is 0.814 bits per heavy atom. The number of nitrogens with zero attached hydrogens (tertiary/aromatic N) is 2. The Morgan fingerprint density at radius 3 is 1.36 bits per heavy atom. The zero-order valence-corrected chi connectivity index (χ0v) is 40.8. The summed E-state index contributed by atoms with van der Waals surface area (Å²) in [5, 5.41) is 2.43. The lowest BCUT2D eigenvalue weighted by atomic mass is 9.70. The number of anilines is 6. The van der Waals surface area contributed by atoms with Gasteiger partial charge in [-0.1, -0.05) is 216 Å². The van der Waals surface area contributed by atoms with E-state index in [1.54, 1.807) is 0 Å². The standard InChI is InChI=1S/C64H46N2.2C2H6/c1-3-44(4-2)45-29-35-50(36-30-45)65(53-41-42-58-57-24-12-15-27-61(57)64(62(58)43-53)59-25-13-10-22-55(59)56-23-11-14-26-60(56)64)51-37-31-46(32-38-51)47-33-39-52(40-34-47)66(49-19-6-5-7-20-49)63-28-16-18-48-17-8-9-21-54(48)63;2*1-2/h3-43H,1H2,2H3;2*1-2H3/b44-4+;;. The SMILES string of the molecule is C=C/C(=C\C)c1ccc(N(c2ccc(-c3ccc(N(c4ccccc4)c4cccc5ccccc45)cc3)cc2)c2ccc3c(c2)C2(c4ccccc4-c4ccccc42)c2ccccc2-3)cc1.CC.CC. The minimum absolute atomic E-state index is 0.435. The molecule has 0 unspecified atom stereocenters. The van der Waals surface area contributed by atoms with Crippen molar-refractivity contribution >= 4 is 50.5 Å². The van der Waals surface area contributed by atoms with Gasteiger partial charge in [0, 0.05) is 33.8 Å². The van der Waals surface area contributed by atoms with E-state index in [0.717, 1.165) is 56.4 Å². The van der Waals surface area contributed by atoms with E-state index in [0.29, 0.717) is 0 Å². The van der Waals surface area contributed by atoms with Crippen LogP contribution in [0.1, 0.15) is 62.4 Å². The van der Waals surface area contributed by atoms with E-state index < -0.39 is 5.41 Å². The Balaban J connectivity index is 0.00000138. The van der Waals surface area contributed by atoms with Crippen LogP contribution < -0.4 is 9.80 Å². The van der Waals surface area contributed by atoms with E-state index >= 15 is 0 Å². The second-order valence-corrected chi connectivity index (χ2v) is 17.2. The highest BCUT2D eigenvalue weighted by Gasteiger charge is 2.51. The smallest absolute Gasteiger partial charge is 0.0726 e. The summed E-state index contributed by atoms with van der Waals surface area (Å²) < 4.78 is 0. The third-order valence-electron chi connectivity index (χ3n) is 13.8. The third-order valence-corrected chi connectivity index (χ3v) is 13.8. The molecule has 12 rings (SSSR count). The summed E-state index contributed by atoms with van der Waals surface area (Å²) in [7, 11) is 0. The second kappa shape index (κ2) is 19.6. The Bertz CT molecular complexity index is 3420. The molecular weight excluding hydrogens is 845 g/mol. The van der Waals surface area contributed by atoms with Crippen molar-refractivity contribution in [3.05, 3.63) is 283 Å². The molecule has 10 aromatic carbocycles. The predicted octanol–water partition coefficient (Wildman–Crippen LogP) is 19.4. The number of benzene rings is 10. The molecule has 2 nitrogen and oxygen atoms in total. The van der Waals surface area contributed by atoms with Crippen LogP contribution in [0.2, 0.25) is 0 Å². The highest BCUT2D eigenvalue weighted by molar-refractivity contribution is 6.00. The highest BCUT2D eigenvalue weighted by Crippen LogP contribution is 2.63. The first kappa shape index (κ1) is 45.3. The topological polar surface area (TPSA) is 6.48 Å². The number of allylic oxidation sites excluding steroid dienone is 3. The van der Waals surface area contributed by atoms with E-state index in [1.165, 1.54) is 55.3 Å². The molecule has 0 fully saturated rings. The van der Waals surface area contributed by atoms with Gasteiger partial charge in [0.2, 0.25) is 0 Å². The van der Waals surface area contributed by atoms with E-state index in [4.69, 9.17) is 0 Å². The molecule has 0 aliphatic heterocycles. The zero-order valence-electron chi connectivity index (χ0n) is 40.8. The Labute approximate surface area is 414 Å². The molecule has 2 aliphatic rings. The fourth-order valence-electron chi connectivity index (χ4n) is 10.9. The number of hydrogen-bond acceptors (Lipinski definition) is 2. The molecule has 1 spiro atoms. The van der Waals surface area contributed by atoms with Gasteiger partial charge < -0.3 is 9.80 Å². The van der Waals surface area contributed by atoms with Crippen LogP contribution in [-0.4, -0.2) is 0 Å². The number of rotatable bonds is 9. The van der Waals surface area contributed by atoms with Gasteiger partial charge >= 0.3 is 0 Å². The van der Waals surface area contributed by atoms with Crippen molar-refractivity contribution in [3.63, 3.8) is 0 Å². The van der Waals surface area contributed by atoms with Gasteiger partial charge in [0.05, 0.1) is 11.1 Å². The Kier molecular flexibility index (Phi) is 12.7. The average Bonchev–Trinajstić information content (AvgIpc) is 3.91. The molecular formula is C68H58N2. The maximum atomic E-state index is 4.08. The van der Waals surface area contributed by atoms with Crippen molar-refractivity contribution in [2.45, 2.75) is 40.0 Å². The first-order valence-corrected chi connectivity index (χ1v) is 24.8. The second-order valence-electron chi connectivity index (χ2n) is 17.2. The van der Waals surface area contributed by atoms with Crippen LogP contribution in [0.5, 0.6) is 0 Å². The molecule has 0 saturated heterocycles. The monoisotopic (exact) mass is 902 g/mol. The van der Waals surface area contributed by atoms with Gasteiger partial charge in [-0.25, -0.2) is 0 Å². The van der Waals surface area contributed by atoms with Crippen molar-refractivity contribution in [1.82, 2.24) is 0 Å². The summed E-state index contributed by atoms with van der Waals surface area (Å²) in [6.45, 7) is 14.1. The van der Waals surface area contributed by atoms with Crippen LogP contribution in [0.25, 0.3) is 49.7 Å². The lowest BCUT2D eigenvalue weighted by Gasteiger charge is -2.32. The maximum absolute atomic E-state index is 4.08. The molecule has 0 N–H and O–H groups in total. The summed E-state index contributed by atoms with van der Waals surface area (Å²) >= 11 is 0. The summed E-state index contributed by atoms with van der Waals surface area (Å²) in [6, 6.07) is 86.9. The fraction of sp³-hybridized carbons (Fsp3) is 0.0882. The molecule has 0 saturated carbocycles.